The van der Waals surface area contributed by atoms with Crippen molar-refractivity contribution in [3.8, 4) is 5.69 Å². The Kier molecular flexibility index (Phi) is 2.84. The summed E-state index contributed by atoms with van der Waals surface area (Å²) in [5.41, 5.74) is 4.45. The van der Waals surface area contributed by atoms with Crippen LogP contribution in [0.5, 0.6) is 0 Å². The molecule has 0 spiro atoms. The Hall–Kier alpha value is -1.39. The van der Waals surface area contributed by atoms with E-state index in [9.17, 15) is 0 Å². The van der Waals surface area contributed by atoms with Crippen molar-refractivity contribution in [3.63, 3.8) is 0 Å². The van der Waals surface area contributed by atoms with Gasteiger partial charge in [-0.15, -0.1) is 0 Å². The van der Waals surface area contributed by atoms with Gasteiger partial charge in [0, 0.05) is 4.47 Å². The van der Waals surface area contributed by atoms with Crippen molar-refractivity contribution in [2.45, 2.75) is 6.92 Å². The van der Waals surface area contributed by atoms with Gasteiger partial charge in [-0.3, -0.25) is 4.57 Å². The number of para-hydroxylation sites is 2. The first-order valence-electron chi connectivity index (χ1n) is 5.64. The Morgan fingerprint density at radius 3 is 2.67 bits per heavy atom. The molecule has 90 valence electrons. The number of H-pyrrole nitrogens is 1. The number of aromatic nitrogens is 2. The highest BCUT2D eigenvalue weighted by Gasteiger charge is 2.09. The van der Waals surface area contributed by atoms with Gasteiger partial charge in [0.1, 0.15) is 0 Å². The van der Waals surface area contributed by atoms with Crippen molar-refractivity contribution < 1.29 is 0 Å². The molecule has 0 radical (unpaired) electrons. The Bertz CT molecular complexity index is 786. The number of aromatic amines is 1. The third-order valence-electron chi connectivity index (χ3n) is 3.02. The molecule has 2 aromatic carbocycles. The van der Waals surface area contributed by atoms with Crippen molar-refractivity contribution in [1.29, 1.82) is 0 Å². The first-order valence-corrected chi connectivity index (χ1v) is 6.84. The molecule has 4 heteroatoms. The summed E-state index contributed by atoms with van der Waals surface area (Å²) in [6.45, 7) is 2.08. The Morgan fingerprint density at radius 2 is 1.89 bits per heavy atom. The number of fused-ring (bicyclic) bond motifs is 1. The van der Waals surface area contributed by atoms with E-state index in [0.29, 0.717) is 4.77 Å². The second-order valence-corrected chi connectivity index (χ2v) is 5.43. The third kappa shape index (κ3) is 1.72. The molecule has 0 aliphatic carbocycles. The molecule has 0 saturated heterocycles. The number of hydrogen-bond donors (Lipinski definition) is 1. The van der Waals surface area contributed by atoms with Gasteiger partial charge in [0.2, 0.25) is 0 Å². The van der Waals surface area contributed by atoms with Crippen LogP contribution in [0.2, 0.25) is 0 Å². The number of benzene rings is 2. The fourth-order valence-electron chi connectivity index (χ4n) is 2.15. The quantitative estimate of drug-likeness (QED) is 0.641. The monoisotopic (exact) mass is 318 g/mol. The molecule has 0 aliphatic heterocycles. The maximum absolute atomic E-state index is 5.44. The average molecular weight is 319 g/mol. The average Bonchev–Trinajstić information content (AvgIpc) is 2.68. The van der Waals surface area contributed by atoms with Crippen LogP contribution in [-0.4, -0.2) is 9.55 Å². The summed E-state index contributed by atoms with van der Waals surface area (Å²) in [6.07, 6.45) is 0. The Balaban J connectivity index is 2.44. The van der Waals surface area contributed by atoms with Crippen molar-refractivity contribution in [1.82, 2.24) is 9.55 Å². The molecule has 18 heavy (non-hydrogen) atoms. The minimum Gasteiger partial charge on any atom is -0.330 e. The minimum absolute atomic E-state index is 0.714. The van der Waals surface area contributed by atoms with E-state index in [2.05, 4.69) is 50.6 Å². The van der Waals surface area contributed by atoms with Crippen LogP contribution in [0.3, 0.4) is 0 Å². The summed E-state index contributed by atoms with van der Waals surface area (Å²) in [6, 6.07) is 14.3. The maximum atomic E-state index is 5.44. The zero-order chi connectivity index (χ0) is 12.7. The highest BCUT2D eigenvalue weighted by molar-refractivity contribution is 9.10. The van der Waals surface area contributed by atoms with Gasteiger partial charge in [-0.2, -0.15) is 0 Å². The predicted molar refractivity (Wildman–Crippen MR) is 80.9 cm³/mol. The van der Waals surface area contributed by atoms with Crippen molar-refractivity contribution in [2.75, 3.05) is 0 Å². The smallest absolute Gasteiger partial charge is 0.182 e. The van der Waals surface area contributed by atoms with Gasteiger partial charge in [0.25, 0.3) is 0 Å². The number of nitrogens with one attached hydrogen (secondary N) is 1. The number of rotatable bonds is 1. The molecule has 0 unspecified atom stereocenters. The Morgan fingerprint density at radius 1 is 1.11 bits per heavy atom. The van der Waals surface area contributed by atoms with E-state index in [0.717, 1.165) is 21.2 Å². The fraction of sp³-hybridized carbons (Fsp3) is 0.0714. The number of aryl methyl sites for hydroxylation is 1. The molecule has 1 N–H and O–H groups in total. The van der Waals surface area contributed by atoms with E-state index in [1.807, 2.05) is 24.3 Å². The summed E-state index contributed by atoms with van der Waals surface area (Å²) in [5.74, 6) is 0. The van der Waals surface area contributed by atoms with E-state index in [4.69, 9.17) is 12.2 Å². The first-order chi connectivity index (χ1) is 8.68. The normalized spacial score (nSPS) is 11.0. The largest absolute Gasteiger partial charge is 0.330 e. The molecule has 3 rings (SSSR count). The maximum Gasteiger partial charge on any atom is 0.182 e. The van der Waals surface area contributed by atoms with E-state index in [-0.39, 0.29) is 0 Å². The van der Waals surface area contributed by atoms with E-state index in [1.54, 1.807) is 0 Å². The summed E-state index contributed by atoms with van der Waals surface area (Å²) < 4.78 is 3.80. The van der Waals surface area contributed by atoms with Crippen LogP contribution in [0.25, 0.3) is 16.7 Å². The topological polar surface area (TPSA) is 20.7 Å². The van der Waals surface area contributed by atoms with Gasteiger partial charge in [0.05, 0.1) is 16.7 Å². The molecule has 0 fully saturated rings. The summed E-state index contributed by atoms with van der Waals surface area (Å²) in [4.78, 5) is 3.28. The molecule has 0 bridgehead atoms. The molecule has 1 aromatic heterocycles. The van der Waals surface area contributed by atoms with Crippen LogP contribution in [0.1, 0.15) is 5.56 Å². The molecular formula is C14H11BrN2S. The fourth-order valence-corrected chi connectivity index (χ4v) is 2.91. The zero-order valence-electron chi connectivity index (χ0n) is 9.77. The van der Waals surface area contributed by atoms with Crippen molar-refractivity contribution in [3.05, 3.63) is 57.3 Å². The van der Waals surface area contributed by atoms with Gasteiger partial charge in [-0.05, 0) is 58.8 Å². The minimum atomic E-state index is 0.714. The molecule has 0 atom stereocenters. The molecule has 2 nitrogen and oxygen atoms in total. The Labute approximate surface area is 118 Å². The standard InChI is InChI=1S/C14H11BrN2S/c1-9-5-4-8-12-13(9)16-14(18)17(12)11-7-3-2-6-10(11)15/h2-8H,1H3,(H,16,18). The van der Waals surface area contributed by atoms with Gasteiger partial charge in [0.15, 0.2) is 4.77 Å². The SMILES string of the molecule is Cc1cccc2c1[nH]c(=S)n2-c1ccccc1Br. The van der Waals surface area contributed by atoms with Crippen molar-refractivity contribution in [2.24, 2.45) is 0 Å². The lowest BCUT2D eigenvalue weighted by molar-refractivity contribution is 1.06. The second-order valence-electron chi connectivity index (χ2n) is 4.19. The zero-order valence-corrected chi connectivity index (χ0v) is 12.2. The van der Waals surface area contributed by atoms with E-state index in [1.165, 1.54) is 5.56 Å². The number of imidazole rings is 1. The van der Waals surface area contributed by atoms with Crippen LogP contribution < -0.4 is 0 Å². The summed E-state index contributed by atoms with van der Waals surface area (Å²) in [5, 5.41) is 0. The van der Waals surface area contributed by atoms with Crippen LogP contribution >= 0.6 is 28.1 Å². The molecule has 0 aliphatic rings. The summed E-state index contributed by atoms with van der Waals surface area (Å²) in [7, 11) is 0. The third-order valence-corrected chi connectivity index (χ3v) is 3.98. The molecule has 1 heterocycles. The lowest BCUT2D eigenvalue weighted by Gasteiger charge is -2.07. The highest BCUT2D eigenvalue weighted by atomic mass is 79.9. The lowest BCUT2D eigenvalue weighted by atomic mass is 10.2. The van der Waals surface area contributed by atoms with Crippen molar-refractivity contribution >= 4 is 39.2 Å². The van der Waals surface area contributed by atoms with Crippen LogP contribution in [0.4, 0.5) is 0 Å². The molecule has 0 amide bonds. The number of nitrogens with zero attached hydrogens (tertiary/aromatic N) is 1. The number of hydrogen-bond acceptors (Lipinski definition) is 1. The molecule has 0 saturated carbocycles. The van der Waals surface area contributed by atoms with Crippen LogP contribution in [-0.2, 0) is 0 Å². The predicted octanol–water partition coefficient (Wildman–Crippen LogP) is 4.76. The molecule has 3 aromatic rings. The second kappa shape index (κ2) is 4.37. The van der Waals surface area contributed by atoms with E-state index < -0.39 is 0 Å². The van der Waals surface area contributed by atoms with Crippen LogP contribution in [0, 0.1) is 11.7 Å². The van der Waals surface area contributed by atoms with Gasteiger partial charge < -0.3 is 4.98 Å². The lowest BCUT2D eigenvalue weighted by Crippen LogP contribution is -1.94. The highest BCUT2D eigenvalue weighted by Crippen LogP contribution is 2.26. The first kappa shape index (κ1) is 11.7. The van der Waals surface area contributed by atoms with Gasteiger partial charge in [-0.25, -0.2) is 0 Å². The van der Waals surface area contributed by atoms with Gasteiger partial charge >= 0.3 is 0 Å². The summed E-state index contributed by atoms with van der Waals surface area (Å²) >= 11 is 9.02. The van der Waals surface area contributed by atoms with Gasteiger partial charge in [-0.1, -0.05) is 24.3 Å². The number of halogens is 1. The van der Waals surface area contributed by atoms with E-state index >= 15 is 0 Å². The molecular weight excluding hydrogens is 308 g/mol. The van der Waals surface area contributed by atoms with Crippen LogP contribution in [0.15, 0.2) is 46.9 Å².